The zero-order valence-corrected chi connectivity index (χ0v) is 7.54. The number of nitrogens with zero attached hydrogens (tertiary/aromatic N) is 1. The number of methoxy groups -OCH3 is 1. The Morgan fingerprint density at radius 2 is 2.27 bits per heavy atom. The first-order chi connectivity index (χ1) is 5.31. The maximum absolute atomic E-state index is 5.07. The average Bonchev–Trinajstić information content (AvgIpc) is 2.01. The summed E-state index contributed by atoms with van der Waals surface area (Å²) in [6.07, 6.45) is 3.70. The van der Waals surface area contributed by atoms with E-state index >= 15 is 0 Å². The van der Waals surface area contributed by atoms with Gasteiger partial charge in [0.1, 0.15) is 6.10 Å². The second-order valence-corrected chi connectivity index (χ2v) is 2.39. The number of ether oxygens (including phenoxy) is 1. The van der Waals surface area contributed by atoms with Gasteiger partial charge in [0.05, 0.1) is 0 Å². The molecule has 3 nitrogen and oxygen atoms in total. The van der Waals surface area contributed by atoms with Crippen LogP contribution in [0.4, 0.5) is 0 Å². The molecule has 66 valence electrons. The van der Waals surface area contributed by atoms with Crippen LogP contribution in [0.5, 0.6) is 0 Å². The monoisotopic (exact) mass is 159 g/mol. The second-order valence-electron chi connectivity index (χ2n) is 2.39. The lowest BCUT2D eigenvalue weighted by Gasteiger charge is -2.07. The zero-order valence-electron chi connectivity index (χ0n) is 7.54. The van der Waals surface area contributed by atoms with Gasteiger partial charge in [-0.25, -0.2) is 0 Å². The molecular weight excluding hydrogens is 142 g/mol. The average molecular weight is 159 g/mol. The minimum atomic E-state index is 0.151. The normalized spacial score (nSPS) is 13.7. The van der Waals surface area contributed by atoms with Crippen molar-refractivity contribution in [3.05, 3.63) is 0 Å². The Bertz CT molecular complexity index is 104. The third-order valence-corrected chi connectivity index (χ3v) is 1.23. The largest absolute Gasteiger partial charge is 0.393 e. The first-order valence-corrected chi connectivity index (χ1v) is 3.97. The predicted molar refractivity (Wildman–Crippen MR) is 45.8 cm³/mol. The van der Waals surface area contributed by atoms with Gasteiger partial charge in [0.2, 0.25) is 0 Å². The van der Waals surface area contributed by atoms with Crippen molar-refractivity contribution in [1.29, 1.82) is 0 Å². The highest BCUT2D eigenvalue weighted by molar-refractivity contribution is 5.55. The third kappa shape index (κ3) is 7.33. The van der Waals surface area contributed by atoms with Gasteiger partial charge in [0.15, 0.2) is 0 Å². The van der Waals surface area contributed by atoms with Gasteiger partial charge < -0.3 is 9.57 Å². The second kappa shape index (κ2) is 7.54. The molecule has 11 heavy (non-hydrogen) atoms. The maximum atomic E-state index is 5.07. The van der Waals surface area contributed by atoms with Gasteiger partial charge in [-0.05, 0) is 13.3 Å². The summed E-state index contributed by atoms with van der Waals surface area (Å²) >= 11 is 0. The summed E-state index contributed by atoms with van der Waals surface area (Å²) in [5.74, 6) is 0. The summed E-state index contributed by atoms with van der Waals surface area (Å²) in [6.45, 7) is 4.72. The van der Waals surface area contributed by atoms with E-state index in [9.17, 15) is 0 Å². The molecule has 0 saturated heterocycles. The maximum Gasteiger partial charge on any atom is 0.126 e. The molecule has 0 aliphatic carbocycles. The molecule has 0 fully saturated rings. The lowest BCUT2D eigenvalue weighted by molar-refractivity contribution is 0.0460. The van der Waals surface area contributed by atoms with Crippen LogP contribution in [0.15, 0.2) is 5.16 Å². The Morgan fingerprint density at radius 3 is 2.82 bits per heavy atom. The molecule has 1 atom stereocenters. The zero-order chi connectivity index (χ0) is 8.53. The molecule has 0 aliphatic heterocycles. The van der Waals surface area contributed by atoms with E-state index in [1.165, 1.54) is 0 Å². The Hall–Kier alpha value is -0.570. The highest BCUT2D eigenvalue weighted by Crippen LogP contribution is 1.97. The predicted octanol–water partition coefficient (Wildman–Crippen LogP) is 1.82. The molecule has 0 N–H and O–H groups in total. The highest BCUT2D eigenvalue weighted by atomic mass is 16.6. The van der Waals surface area contributed by atoms with Gasteiger partial charge in [0.25, 0.3) is 0 Å². The van der Waals surface area contributed by atoms with E-state index in [1.54, 1.807) is 13.3 Å². The van der Waals surface area contributed by atoms with E-state index in [0.29, 0.717) is 0 Å². The van der Waals surface area contributed by atoms with Gasteiger partial charge in [-0.3, -0.25) is 0 Å². The Balaban J connectivity index is 3.21. The minimum Gasteiger partial charge on any atom is -0.393 e. The molecule has 0 bridgehead atoms. The molecular formula is C8H17NO2. The molecule has 0 aromatic carbocycles. The topological polar surface area (TPSA) is 30.8 Å². The van der Waals surface area contributed by atoms with Gasteiger partial charge in [-0.2, -0.15) is 0 Å². The van der Waals surface area contributed by atoms with Crippen LogP contribution < -0.4 is 0 Å². The Labute approximate surface area is 68.4 Å². The van der Waals surface area contributed by atoms with Crippen molar-refractivity contribution in [2.45, 2.75) is 32.8 Å². The van der Waals surface area contributed by atoms with Crippen LogP contribution in [-0.2, 0) is 9.57 Å². The Kier molecular flexibility index (Phi) is 7.15. The van der Waals surface area contributed by atoms with E-state index in [0.717, 1.165) is 19.4 Å². The van der Waals surface area contributed by atoms with Crippen LogP contribution in [0.1, 0.15) is 26.7 Å². The van der Waals surface area contributed by atoms with Crippen molar-refractivity contribution in [1.82, 2.24) is 0 Å². The third-order valence-electron chi connectivity index (χ3n) is 1.23. The van der Waals surface area contributed by atoms with E-state index in [4.69, 9.17) is 9.57 Å². The molecule has 0 saturated carbocycles. The number of oxime groups is 1. The highest BCUT2D eigenvalue weighted by Gasteiger charge is 1.99. The summed E-state index contributed by atoms with van der Waals surface area (Å²) in [5.41, 5.74) is 0. The molecule has 0 amide bonds. The van der Waals surface area contributed by atoms with Crippen LogP contribution in [-0.4, -0.2) is 26.0 Å². The van der Waals surface area contributed by atoms with Crippen LogP contribution in [0, 0.1) is 0 Å². The SMILES string of the molecule is CCC=NOC(C)CCOC. The Morgan fingerprint density at radius 1 is 1.55 bits per heavy atom. The molecule has 0 rings (SSSR count). The van der Waals surface area contributed by atoms with Crippen molar-refractivity contribution in [2.24, 2.45) is 5.16 Å². The molecule has 0 spiro atoms. The van der Waals surface area contributed by atoms with Crippen molar-refractivity contribution in [2.75, 3.05) is 13.7 Å². The fraction of sp³-hybridized carbons (Fsp3) is 0.875. The summed E-state index contributed by atoms with van der Waals surface area (Å²) in [6, 6.07) is 0. The first kappa shape index (κ1) is 10.4. The smallest absolute Gasteiger partial charge is 0.126 e. The van der Waals surface area contributed by atoms with Gasteiger partial charge in [0, 0.05) is 26.4 Å². The summed E-state index contributed by atoms with van der Waals surface area (Å²) in [4.78, 5) is 5.07. The van der Waals surface area contributed by atoms with E-state index in [1.807, 2.05) is 13.8 Å². The molecule has 0 aromatic rings. The van der Waals surface area contributed by atoms with Gasteiger partial charge in [-0.1, -0.05) is 12.1 Å². The van der Waals surface area contributed by atoms with Crippen molar-refractivity contribution in [3.63, 3.8) is 0 Å². The minimum absolute atomic E-state index is 0.151. The fourth-order valence-electron chi connectivity index (χ4n) is 0.558. The van der Waals surface area contributed by atoms with Crippen LogP contribution in [0.3, 0.4) is 0 Å². The lowest BCUT2D eigenvalue weighted by atomic mass is 10.3. The number of rotatable bonds is 6. The van der Waals surface area contributed by atoms with E-state index in [-0.39, 0.29) is 6.10 Å². The molecule has 3 heteroatoms. The van der Waals surface area contributed by atoms with Crippen molar-refractivity contribution >= 4 is 6.21 Å². The molecule has 0 aromatic heterocycles. The fourth-order valence-corrected chi connectivity index (χ4v) is 0.558. The van der Waals surface area contributed by atoms with Crippen molar-refractivity contribution < 1.29 is 9.57 Å². The molecule has 0 aliphatic rings. The van der Waals surface area contributed by atoms with Gasteiger partial charge in [-0.15, -0.1) is 0 Å². The quantitative estimate of drug-likeness (QED) is 0.437. The lowest BCUT2D eigenvalue weighted by Crippen LogP contribution is -2.07. The summed E-state index contributed by atoms with van der Waals surface area (Å²) in [7, 11) is 1.68. The van der Waals surface area contributed by atoms with Crippen LogP contribution >= 0.6 is 0 Å². The van der Waals surface area contributed by atoms with Crippen molar-refractivity contribution in [3.8, 4) is 0 Å². The van der Waals surface area contributed by atoms with E-state index < -0.39 is 0 Å². The standard InChI is InChI=1S/C8H17NO2/c1-4-6-9-11-8(2)5-7-10-3/h6,8H,4-5,7H2,1-3H3. The van der Waals surface area contributed by atoms with Crippen LogP contribution in [0.25, 0.3) is 0 Å². The van der Waals surface area contributed by atoms with Crippen LogP contribution in [0.2, 0.25) is 0 Å². The molecule has 1 unspecified atom stereocenters. The molecule has 0 radical (unpaired) electrons. The summed E-state index contributed by atoms with van der Waals surface area (Å²) in [5, 5.41) is 3.76. The van der Waals surface area contributed by atoms with Gasteiger partial charge >= 0.3 is 0 Å². The summed E-state index contributed by atoms with van der Waals surface area (Å²) < 4.78 is 4.89. The van der Waals surface area contributed by atoms with E-state index in [2.05, 4.69) is 5.16 Å². The number of hydrogen-bond donors (Lipinski definition) is 0. The molecule has 0 heterocycles. The first-order valence-electron chi connectivity index (χ1n) is 3.97. The number of hydrogen-bond acceptors (Lipinski definition) is 3.